The zero-order valence-electron chi connectivity index (χ0n) is 15.8. The molecule has 1 aromatic rings. The summed E-state index contributed by atoms with van der Waals surface area (Å²) in [5, 5.41) is 0. The van der Waals surface area contributed by atoms with Crippen LogP contribution in [-0.4, -0.2) is 47.8 Å². The standard InChI is InChI=1S/C21H30N2O2/c1-4-22(5-2)12-7-13-23-19(24)15-21(20(23)25)11-6-8-17-10-9-16(3)14-18(17)21/h9-10,14H,4-8,11-13,15H2,1-3H3. The van der Waals surface area contributed by atoms with Crippen molar-refractivity contribution < 1.29 is 9.59 Å². The Morgan fingerprint density at radius 1 is 1.20 bits per heavy atom. The fraction of sp³-hybridized carbons (Fsp3) is 0.619. The second-order valence-corrected chi connectivity index (χ2v) is 7.50. The van der Waals surface area contributed by atoms with E-state index < -0.39 is 5.41 Å². The average Bonchev–Trinajstić information content (AvgIpc) is 2.84. The van der Waals surface area contributed by atoms with E-state index >= 15 is 0 Å². The second kappa shape index (κ2) is 7.28. The predicted octanol–water partition coefficient (Wildman–Crippen LogP) is 3.06. The SMILES string of the molecule is CCN(CC)CCCN1C(=O)CC2(CCCc3ccc(C)cc32)C1=O. The molecule has 2 aliphatic rings. The van der Waals surface area contributed by atoms with Crippen LogP contribution in [0.25, 0.3) is 0 Å². The Hall–Kier alpha value is -1.68. The number of hydrogen-bond acceptors (Lipinski definition) is 3. The summed E-state index contributed by atoms with van der Waals surface area (Å²) >= 11 is 0. The highest BCUT2D eigenvalue weighted by Crippen LogP contribution is 2.45. The van der Waals surface area contributed by atoms with E-state index in [1.807, 2.05) is 0 Å². The zero-order valence-corrected chi connectivity index (χ0v) is 15.8. The summed E-state index contributed by atoms with van der Waals surface area (Å²) in [5.41, 5.74) is 2.94. The van der Waals surface area contributed by atoms with E-state index in [0.29, 0.717) is 13.0 Å². The number of amides is 2. The highest BCUT2D eigenvalue weighted by Gasteiger charge is 2.53. The molecular formula is C21H30N2O2. The Morgan fingerprint density at radius 2 is 1.96 bits per heavy atom. The topological polar surface area (TPSA) is 40.6 Å². The van der Waals surface area contributed by atoms with Gasteiger partial charge < -0.3 is 4.90 Å². The Labute approximate surface area is 151 Å². The number of carbonyl (C=O) groups excluding carboxylic acids is 2. The average molecular weight is 342 g/mol. The van der Waals surface area contributed by atoms with Crippen LogP contribution in [0.5, 0.6) is 0 Å². The Bertz CT molecular complexity index is 666. The molecule has 1 aliphatic heterocycles. The first-order valence-electron chi connectivity index (χ1n) is 9.69. The summed E-state index contributed by atoms with van der Waals surface area (Å²) in [5.74, 6) is 0.0579. The van der Waals surface area contributed by atoms with Crippen LogP contribution in [0.3, 0.4) is 0 Å². The van der Waals surface area contributed by atoms with Crippen LogP contribution >= 0.6 is 0 Å². The molecule has 25 heavy (non-hydrogen) atoms. The van der Waals surface area contributed by atoms with E-state index in [1.54, 1.807) is 4.90 Å². The summed E-state index contributed by atoms with van der Waals surface area (Å²) in [6.07, 6.45) is 4.02. The van der Waals surface area contributed by atoms with E-state index in [4.69, 9.17) is 0 Å². The monoisotopic (exact) mass is 342 g/mol. The highest BCUT2D eigenvalue weighted by molar-refractivity contribution is 6.09. The van der Waals surface area contributed by atoms with Gasteiger partial charge in [-0.3, -0.25) is 14.5 Å². The van der Waals surface area contributed by atoms with Crippen molar-refractivity contribution in [3.05, 3.63) is 34.9 Å². The molecule has 0 saturated carbocycles. The number of likely N-dealkylation sites (tertiary alicyclic amines) is 1. The van der Waals surface area contributed by atoms with Gasteiger partial charge in [0, 0.05) is 13.0 Å². The molecule has 3 rings (SSSR count). The number of aryl methyl sites for hydroxylation is 2. The maximum Gasteiger partial charge on any atom is 0.240 e. The molecule has 1 spiro atoms. The minimum absolute atomic E-state index is 0.0129. The molecule has 4 heteroatoms. The predicted molar refractivity (Wildman–Crippen MR) is 99.5 cm³/mol. The molecule has 0 radical (unpaired) electrons. The molecule has 1 atom stereocenters. The number of hydrogen-bond donors (Lipinski definition) is 0. The number of rotatable bonds is 6. The summed E-state index contributed by atoms with van der Waals surface area (Å²) in [6.45, 7) is 9.86. The summed E-state index contributed by atoms with van der Waals surface area (Å²) in [6, 6.07) is 6.40. The van der Waals surface area contributed by atoms with Crippen molar-refractivity contribution >= 4 is 11.8 Å². The van der Waals surface area contributed by atoms with Crippen molar-refractivity contribution in [2.75, 3.05) is 26.2 Å². The third-order valence-electron chi connectivity index (χ3n) is 5.99. The van der Waals surface area contributed by atoms with Crippen LogP contribution in [0, 0.1) is 6.92 Å². The number of carbonyl (C=O) groups is 2. The maximum atomic E-state index is 13.3. The lowest BCUT2D eigenvalue weighted by molar-refractivity contribution is -0.140. The molecule has 136 valence electrons. The van der Waals surface area contributed by atoms with E-state index in [1.165, 1.54) is 11.1 Å². The smallest absolute Gasteiger partial charge is 0.240 e. The zero-order chi connectivity index (χ0) is 18.0. The van der Waals surface area contributed by atoms with Crippen LogP contribution in [0.4, 0.5) is 0 Å². The van der Waals surface area contributed by atoms with Gasteiger partial charge in [0.25, 0.3) is 0 Å². The van der Waals surface area contributed by atoms with Crippen LogP contribution in [-0.2, 0) is 21.4 Å². The van der Waals surface area contributed by atoms with E-state index in [9.17, 15) is 9.59 Å². The fourth-order valence-corrected chi connectivity index (χ4v) is 4.49. The lowest BCUT2D eigenvalue weighted by atomic mass is 9.68. The van der Waals surface area contributed by atoms with Gasteiger partial charge in [-0.15, -0.1) is 0 Å². The van der Waals surface area contributed by atoms with Crippen molar-refractivity contribution in [2.24, 2.45) is 0 Å². The van der Waals surface area contributed by atoms with Crippen LogP contribution in [0.15, 0.2) is 18.2 Å². The van der Waals surface area contributed by atoms with Gasteiger partial charge in [0.05, 0.1) is 5.41 Å². The summed E-state index contributed by atoms with van der Waals surface area (Å²) in [4.78, 5) is 29.8. The number of imide groups is 1. The summed E-state index contributed by atoms with van der Waals surface area (Å²) < 4.78 is 0. The molecule has 4 nitrogen and oxygen atoms in total. The van der Waals surface area contributed by atoms with E-state index in [2.05, 4.69) is 43.9 Å². The molecule has 0 aromatic heterocycles. The quantitative estimate of drug-likeness (QED) is 0.746. The van der Waals surface area contributed by atoms with Gasteiger partial charge in [-0.1, -0.05) is 37.6 Å². The fourth-order valence-electron chi connectivity index (χ4n) is 4.49. The molecule has 1 aliphatic carbocycles. The summed E-state index contributed by atoms with van der Waals surface area (Å²) in [7, 11) is 0. The number of fused-ring (bicyclic) bond motifs is 2. The minimum atomic E-state index is -0.591. The number of benzene rings is 1. The van der Waals surface area contributed by atoms with Gasteiger partial charge in [0.1, 0.15) is 0 Å². The first-order valence-corrected chi connectivity index (χ1v) is 9.69. The minimum Gasteiger partial charge on any atom is -0.304 e. The molecule has 0 N–H and O–H groups in total. The third-order valence-corrected chi connectivity index (χ3v) is 5.99. The van der Waals surface area contributed by atoms with Gasteiger partial charge in [-0.05, 0) is 63.4 Å². The first-order chi connectivity index (χ1) is 12.0. The van der Waals surface area contributed by atoms with Gasteiger partial charge >= 0.3 is 0 Å². The van der Waals surface area contributed by atoms with Gasteiger partial charge in [0.2, 0.25) is 11.8 Å². The molecule has 1 saturated heterocycles. The van der Waals surface area contributed by atoms with E-state index in [-0.39, 0.29) is 11.8 Å². The normalized spacial score (nSPS) is 23.0. The Balaban J connectivity index is 1.79. The van der Waals surface area contributed by atoms with Crippen molar-refractivity contribution in [3.63, 3.8) is 0 Å². The van der Waals surface area contributed by atoms with Gasteiger partial charge in [-0.2, -0.15) is 0 Å². The third kappa shape index (κ3) is 3.24. The van der Waals surface area contributed by atoms with Crippen LogP contribution in [0.1, 0.15) is 56.2 Å². The van der Waals surface area contributed by atoms with Crippen molar-refractivity contribution in [1.29, 1.82) is 0 Å². The largest absolute Gasteiger partial charge is 0.304 e. The number of nitrogens with zero attached hydrogens (tertiary/aromatic N) is 2. The molecule has 0 bridgehead atoms. The maximum absolute atomic E-state index is 13.3. The van der Waals surface area contributed by atoms with Crippen LogP contribution < -0.4 is 0 Å². The molecule has 1 fully saturated rings. The van der Waals surface area contributed by atoms with Crippen molar-refractivity contribution in [3.8, 4) is 0 Å². The lowest BCUT2D eigenvalue weighted by Crippen LogP contribution is -2.41. The Kier molecular flexibility index (Phi) is 5.28. The van der Waals surface area contributed by atoms with Crippen LogP contribution in [0.2, 0.25) is 0 Å². The van der Waals surface area contributed by atoms with E-state index in [0.717, 1.165) is 50.9 Å². The molecular weight excluding hydrogens is 312 g/mol. The molecule has 1 aromatic carbocycles. The van der Waals surface area contributed by atoms with Gasteiger partial charge in [-0.25, -0.2) is 0 Å². The van der Waals surface area contributed by atoms with Gasteiger partial charge in [0.15, 0.2) is 0 Å². The second-order valence-electron chi connectivity index (χ2n) is 7.50. The highest BCUT2D eigenvalue weighted by atomic mass is 16.2. The van der Waals surface area contributed by atoms with Crippen molar-refractivity contribution in [2.45, 2.75) is 58.3 Å². The molecule has 1 unspecified atom stereocenters. The first kappa shape index (κ1) is 18.1. The Morgan fingerprint density at radius 3 is 2.68 bits per heavy atom. The van der Waals surface area contributed by atoms with Crippen molar-refractivity contribution in [1.82, 2.24) is 9.80 Å². The molecule has 1 heterocycles. The molecule has 2 amide bonds. The lowest BCUT2D eigenvalue weighted by Gasteiger charge is -2.34.